The average Bonchev–Trinajstić information content (AvgIpc) is 2.28. The summed E-state index contributed by atoms with van der Waals surface area (Å²) in [5.74, 6) is -1.53. The van der Waals surface area contributed by atoms with Crippen molar-refractivity contribution in [3.8, 4) is 0 Å². The van der Waals surface area contributed by atoms with E-state index in [4.69, 9.17) is 5.11 Å². The Kier molecular flexibility index (Phi) is 5.57. The van der Waals surface area contributed by atoms with Crippen molar-refractivity contribution in [3.05, 3.63) is 0 Å². The summed E-state index contributed by atoms with van der Waals surface area (Å²) in [5, 5.41) is 8.81. The van der Waals surface area contributed by atoms with E-state index in [0.717, 1.165) is 19.3 Å². The van der Waals surface area contributed by atoms with Gasteiger partial charge in [0.25, 0.3) is 5.91 Å². The number of hydrogen-bond donors (Lipinski definition) is 3. The average molecular weight is 257 g/mol. The topological polar surface area (TPSA) is 98.7 Å². The number of carboxylic acid groups (broad SMARTS) is 1. The third-order valence-corrected chi connectivity index (χ3v) is 2.88. The Labute approximate surface area is 105 Å². The molecule has 0 bridgehead atoms. The molecular formula is C11H19N3O4. The van der Waals surface area contributed by atoms with Crippen LogP contribution in [0.15, 0.2) is 0 Å². The van der Waals surface area contributed by atoms with Crippen LogP contribution in [-0.2, 0) is 14.4 Å². The molecule has 1 fully saturated rings. The van der Waals surface area contributed by atoms with Crippen molar-refractivity contribution in [3.63, 3.8) is 0 Å². The van der Waals surface area contributed by atoms with E-state index in [0.29, 0.717) is 6.54 Å². The van der Waals surface area contributed by atoms with Gasteiger partial charge in [-0.3, -0.25) is 30.1 Å². The number of carbonyl (C=O) groups excluding carboxylic acids is 2. The van der Waals surface area contributed by atoms with E-state index >= 15 is 0 Å². The van der Waals surface area contributed by atoms with E-state index in [1.165, 1.54) is 6.92 Å². The van der Waals surface area contributed by atoms with Crippen molar-refractivity contribution in [2.45, 2.75) is 38.6 Å². The molecule has 1 unspecified atom stereocenters. The van der Waals surface area contributed by atoms with Crippen LogP contribution in [0.2, 0.25) is 0 Å². The second-order valence-electron chi connectivity index (χ2n) is 4.45. The van der Waals surface area contributed by atoms with Crippen molar-refractivity contribution < 1.29 is 19.5 Å². The fourth-order valence-electron chi connectivity index (χ4n) is 2.08. The van der Waals surface area contributed by atoms with E-state index in [9.17, 15) is 14.4 Å². The molecule has 1 aliphatic heterocycles. The lowest BCUT2D eigenvalue weighted by atomic mass is 9.99. The molecule has 1 rings (SSSR count). The summed E-state index contributed by atoms with van der Waals surface area (Å²) in [7, 11) is 0. The van der Waals surface area contributed by atoms with Crippen molar-refractivity contribution in [2.24, 2.45) is 0 Å². The molecule has 0 aromatic rings. The number of rotatable bonds is 4. The maximum atomic E-state index is 11.5. The highest BCUT2D eigenvalue weighted by Crippen LogP contribution is 2.19. The molecule has 0 aromatic heterocycles. The zero-order chi connectivity index (χ0) is 13.5. The highest BCUT2D eigenvalue weighted by atomic mass is 16.4. The fraction of sp³-hybridized carbons (Fsp3) is 0.727. The molecule has 3 N–H and O–H groups in total. The van der Waals surface area contributed by atoms with Gasteiger partial charge in [0.15, 0.2) is 0 Å². The zero-order valence-electron chi connectivity index (χ0n) is 10.4. The Bertz CT molecular complexity index is 332. The molecule has 0 radical (unpaired) electrons. The highest BCUT2D eigenvalue weighted by Gasteiger charge is 2.26. The Hall–Kier alpha value is -1.63. The van der Waals surface area contributed by atoms with Crippen LogP contribution in [0.25, 0.3) is 0 Å². The quantitative estimate of drug-likeness (QED) is 0.589. The SMILES string of the molecule is CC(=O)NNC(=O)CN1CCCCC1CC(=O)O. The first-order valence-corrected chi connectivity index (χ1v) is 6.00. The van der Waals surface area contributed by atoms with Crippen molar-refractivity contribution >= 4 is 17.8 Å². The minimum absolute atomic E-state index is 0.0490. The Morgan fingerprint density at radius 1 is 1.28 bits per heavy atom. The van der Waals surface area contributed by atoms with Gasteiger partial charge >= 0.3 is 5.97 Å². The Morgan fingerprint density at radius 3 is 2.61 bits per heavy atom. The standard InChI is InChI=1S/C11H19N3O4/c1-8(15)12-13-10(16)7-14-5-3-2-4-9(14)6-11(17)18/h9H,2-7H2,1H3,(H,12,15)(H,13,16)(H,17,18). The first-order chi connectivity index (χ1) is 8.49. The lowest BCUT2D eigenvalue weighted by Gasteiger charge is -2.34. The minimum atomic E-state index is -0.853. The molecule has 1 saturated heterocycles. The molecular weight excluding hydrogens is 238 g/mol. The number of nitrogens with zero attached hydrogens (tertiary/aromatic N) is 1. The molecule has 1 heterocycles. The van der Waals surface area contributed by atoms with Crippen molar-refractivity contribution in [1.82, 2.24) is 15.8 Å². The van der Waals surface area contributed by atoms with Gasteiger partial charge in [-0.25, -0.2) is 0 Å². The van der Waals surface area contributed by atoms with E-state index < -0.39 is 5.97 Å². The molecule has 0 saturated carbocycles. The van der Waals surface area contributed by atoms with Crippen LogP contribution in [0.3, 0.4) is 0 Å². The number of hydrogen-bond acceptors (Lipinski definition) is 4. The van der Waals surface area contributed by atoms with Crippen LogP contribution in [0.5, 0.6) is 0 Å². The molecule has 2 amide bonds. The maximum Gasteiger partial charge on any atom is 0.304 e. The van der Waals surface area contributed by atoms with E-state index in [1.54, 1.807) is 0 Å². The lowest BCUT2D eigenvalue weighted by Crippen LogP contribution is -2.50. The first-order valence-electron chi connectivity index (χ1n) is 6.00. The van der Waals surface area contributed by atoms with Crippen LogP contribution in [0.4, 0.5) is 0 Å². The van der Waals surface area contributed by atoms with Crippen LogP contribution >= 0.6 is 0 Å². The monoisotopic (exact) mass is 257 g/mol. The van der Waals surface area contributed by atoms with Gasteiger partial charge in [0.05, 0.1) is 13.0 Å². The predicted molar refractivity (Wildman–Crippen MR) is 63.4 cm³/mol. The third-order valence-electron chi connectivity index (χ3n) is 2.88. The highest BCUT2D eigenvalue weighted by molar-refractivity contribution is 5.82. The van der Waals surface area contributed by atoms with Gasteiger partial charge in [0.1, 0.15) is 0 Å². The molecule has 102 valence electrons. The summed E-state index contributed by atoms with van der Waals surface area (Å²) in [4.78, 5) is 34.8. The summed E-state index contributed by atoms with van der Waals surface area (Å²) < 4.78 is 0. The van der Waals surface area contributed by atoms with Gasteiger partial charge in [-0.05, 0) is 19.4 Å². The lowest BCUT2D eigenvalue weighted by molar-refractivity contribution is -0.139. The number of amides is 2. The maximum absolute atomic E-state index is 11.5. The summed E-state index contributed by atoms with van der Waals surface area (Å²) >= 11 is 0. The molecule has 7 nitrogen and oxygen atoms in total. The largest absolute Gasteiger partial charge is 0.481 e. The van der Waals surface area contributed by atoms with Gasteiger partial charge in [-0.2, -0.15) is 0 Å². The number of carbonyl (C=O) groups is 3. The molecule has 0 aromatic carbocycles. The summed E-state index contributed by atoms with van der Waals surface area (Å²) in [6, 6.07) is -0.0978. The molecule has 7 heteroatoms. The van der Waals surface area contributed by atoms with Crippen molar-refractivity contribution in [1.29, 1.82) is 0 Å². The van der Waals surface area contributed by atoms with E-state index in [-0.39, 0.29) is 30.8 Å². The summed E-state index contributed by atoms with van der Waals surface area (Å²) in [6.07, 6.45) is 2.79. The smallest absolute Gasteiger partial charge is 0.304 e. The number of aliphatic carboxylic acids is 1. The van der Waals surface area contributed by atoms with Crippen LogP contribution < -0.4 is 10.9 Å². The zero-order valence-corrected chi connectivity index (χ0v) is 10.4. The number of carboxylic acids is 1. The minimum Gasteiger partial charge on any atom is -0.481 e. The normalized spacial score (nSPS) is 20.2. The fourth-order valence-corrected chi connectivity index (χ4v) is 2.08. The van der Waals surface area contributed by atoms with Gasteiger partial charge in [-0.1, -0.05) is 6.42 Å². The predicted octanol–water partition coefficient (Wildman–Crippen LogP) is -0.517. The number of nitrogens with one attached hydrogen (secondary N) is 2. The third kappa shape index (κ3) is 5.13. The summed E-state index contributed by atoms with van der Waals surface area (Å²) in [5.41, 5.74) is 4.48. The summed E-state index contributed by atoms with van der Waals surface area (Å²) in [6.45, 7) is 2.12. The Morgan fingerprint density at radius 2 is 2.00 bits per heavy atom. The van der Waals surface area contributed by atoms with E-state index in [1.807, 2.05) is 4.90 Å². The molecule has 0 aliphatic carbocycles. The first kappa shape index (κ1) is 14.4. The van der Waals surface area contributed by atoms with Gasteiger partial charge in [-0.15, -0.1) is 0 Å². The molecule has 1 aliphatic rings. The van der Waals surface area contributed by atoms with Crippen molar-refractivity contribution in [2.75, 3.05) is 13.1 Å². The van der Waals surface area contributed by atoms with Gasteiger partial charge in [0.2, 0.25) is 5.91 Å². The molecule has 18 heavy (non-hydrogen) atoms. The second kappa shape index (κ2) is 6.95. The molecule has 0 spiro atoms. The number of likely N-dealkylation sites (tertiary alicyclic amines) is 1. The van der Waals surface area contributed by atoms with Gasteiger partial charge in [0, 0.05) is 13.0 Å². The van der Waals surface area contributed by atoms with Crippen LogP contribution in [0.1, 0.15) is 32.6 Å². The number of piperidine rings is 1. The number of hydrazine groups is 1. The second-order valence-corrected chi connectivity index (χ2v) is 4.45. The van der Waals surface area contributed by atoms with Crippen LogP contribution in [0, 0.1) is 0 Å². The van der Waals surface area contributed by atoms with Crippen LogP contribution in [-0.4, -0.2) is 46.9 Å². The molecule has 1 atom stereocenters. The van der Waals surface area contributed by atoms with Gasteiger partial charge < -0.3 is 5.11 Å². The Balaban J connectivity index is 2.43. The van der Waals surface area contributed by atoms with E-state index in [2.05, 4.69) is 10.9 Å².